The molecular formula is C23H31N5O3S. The van der Waals surface area contributed by atoms with E-state index in [1.54, 1.807) is 25.2 Å². The maximum absolute atomic E-state index is 12.7. The van der Waals surface area contributed by atoms with Gasteiger partial charge in [-0.05, 0) is 58.0 Å². The van der Waals surface area contributed by atoms with Gasteiger partial charge in [-0.1, -0.05) is 12.1 Å². The van der Waals surface area contributed by atoms with Gasteiger partial charge in [-0.2, -0.15) is 10.6 Å². The van der Waals surface area contributed by atoms with E-state index in [2.05, 4.69) is 15.2 Å². The summed E-state index contributed by atoms with van der Waals surface area (Å²) in [4.78, 5) is 24.6. The van der Waals surface area contributed by atoms with Crippen molar-refractivity contribution in [3.8, 4) is 11.3 Å². The average Bonchev–Trinajstić information content (AvgIpc) is 3.28. The molecule has 0 atom stereocenters. The molecule has 0 spiro atoms. The van der Waals surface area contributed by atoms with Crippen LogP contribution in [0.4, 0.5) is 5.82 Å². The molecule has 172 valence electrons. The molecule has 1 saturated heterocycles. The van der Waals surface area contributed by atoms with Crippen LogP contribution in [0.1, 0.15) is 26.7 Å². The van der Waals surface area contributed by atoms with Crippen molar-refractivity contribution in [2.75, 3.05) is 30.7 Å². The highest BCUT2D eigenvalue weighted by atomic mass is 32.3. The molecule has 3 aromatic rings. The number of aryl methyl sites for hydroxylation is 1. The lowest BCUT2D eigenvalue weighted by Gasteiger charge is -2.34. The number of nitrogens with zero attached hydrogens (tertiary/aromatic N) is 4. The summed E-state index contributed by atoms with van der Waals surface area (Å²) in [5, 5.41) is 3.72. The molecule has 0 aliphatic carbocycles. The molecule has 32 heavy (non-hydrogen) atoms. The molecule has 1 aliphatic heterocycles. The number of likely N-dealkylation sites (tertiary alicyclic amines) is 1. The van der Waals surface area contributed by atoms with Gasteiger partial charge in [0, 0.05) is 25.2 Å². The lowest BCUT2D eigenvalue weighted by Crippen LogP contribution is -2.25. The maximum atomic E-state index is 12.7. The first-order chi connectivity index (χ1) is 15.2. The molecule has 2 aromatic heterocycles. The number of fused-ring (bicyclic) bond motifs is 1. The van der Waals surface area contributed by atoms with Gasteiger partial charge in [0.2, 0.25) is 0 Å². The molecule has 4 rings (SSSR count). The Morgan fingerprint density at radius 2 is 1.84 bits per heavy atom. The molecule has 9 heteroatoms. The van der Waals surface area contributed by atoms with Crippen LogP contribution in [-0.4, -0.2) is 60.0 Å². The predicted molar refractivity (Wildman–Crippen MR) is 131 cm³/mol. The average molecular weight is 458 g/mol. The van der Waals surface area contributed by atoms with Gasteiger partial charge in [-0.3, -0.25) is 13.9 Å². The number of hydrogen-bond acceptors (Lipinski definition) is 7. The highest BCUT2D eigenvalue weighted by Gasteiger charge is 2.20. The molecule has 3 heterocycles. The summed E-state index contributed by atoms with van der Waals surface area (Å²) >= 11 is 0. The first-order valence-corrected chi connectivity index (χ1v) is 12.7. The fraction of sp³-hybridized carbons (Fsp3) is 0.435. The van der Waals surface area contributed by atoms with E-state index in [1.165, 1.54) is 23.7 Å². The fourth-order valence-electron chi connectivity index (χ4n) is 3.97. The summed E-state index contributed by atoms with van der Waals surface area (Å²) in [5.41, 5.74) is 1.90. The van der Waals surface area contributed by atoms with Gasteiger partial charge in [0.25, 0.3) is 5.56 Å². The Balaban J connectivity index is 1.64. The number of nitrogens with one attached hydrogen (secondary N) is 1. The molecule has 0 unspecified atom stereocenters. The second-order valence-corrected chi connectivity index (χ2v) is 10.9. The number of hydrogen-bond donors (Lipinski definition) is 3. The van der Waals surface area contributed by atoms with Gasteiger partial charge in [-0.15, -0.1) is 0 Å². The molecular weight excluding hydrogens is 426 g/mol. The van der Waals surface area contributed by atoms with Crippen LogP contribution >= 0.6 is 10.6 Å². The van der Waals surface area contributed by atoms with Crippen molar-refractivity contribution in [2.45, 2.75) is 37.6 Å². The summed E-state index contributed by atoms with van der Waals surface area (Å²) in [7, 11) is -1.18. The van der Waals surface area contributed by atoms with Crippen LogP contribution in [0.15, 0.2) is 46.3 Å². The summed E-state index contributed by atoms with van der Waals surface area (Å²) < 4.78 is 22.8. The quantitative estimate of drug-likeness (QED) is 0.492. The van der Waals surface area contributed by atoms with Crippen molar-refractivity contribution in [3.05, 3.63) is 47.0 Å². The van der Waals surface area contributed by atoms with E-state index in [4.69, 9.17) is 4.98 Å². The van der Waals surface area contributed by atoms with Crippen molar-refractivity contribution in [3.63, 3.8) is 0 Å². The molecule has 0 radical (unpaired) electrons. The Bertz CT molecular complexity index is 1150. The van der Waals surface area contributed by atoms with Crippen molar-refractivity contribution in [1.29, 1.82) is 0 Å². The van der Waals surface area contributed by atoms with Crippen molar-refractivity contribution in [2.24, 2.45) is 7.05 Å². The highest BCUT2D eigenvalue weighted by molar-refractivity contribution is 8.24. The SMILES string of the molecule is CC(C)Nc1nc(-c2ccc(S(O)(O)CCN3CCCC3)cc2)cc2ncn(C)c(=O)c12. The second kappa shape index (κ2) is 9.19. The van der Waals surface area contributed by atoms with Crippen LogP contribution in [-0.2, 0) is 7.05 Å². The topological polar surface area (TPSA) is 104 Å². The standard InChI is InChI=1S/C23H31N5O3S/c1-16(2)25-22-21-20(24-15-27(3)23(21)29)14-19(26-22)17-6-8-18(9-7-17)32(30,31)13-12-28-10-4-5-11-28/h6-9,14-16,30-31H,4-5,10-13H2,1-3H3,(H,25,26). The molecule has 8 nitrogen and oxygen atoms in total. The third-order valence-corrected chi connectivity index (χ3v) is 7.53. The molecule has 1 aliphatic rings. The number of benzene rings is 1. The predicted octanol–water partition coefficient (Wildman–Crippen LogP) is 4.02. The van der Waals surface area contributed by atoms with E-state index >= 15 is 0 Å². The highest BCUT2D eigenvalue weighted by Crippen LogP contribution is 2.48. The third kappa shape index (κ3) is 4.80. The van der Waals surface area contributed by atoms with Gasteiger partial charge in [-0.25, -0.2) is 9.97 Å². The summed E-state index contributed by atoms with van der Waals surface area (Å²) in [6, 6.07) is 9.09. The normalized spacial score (nSPS) is 15.6. The number of pyridine rings is 1. The largest absolute Gasteiger partial charge is 0.367 e. The van der Waals surface area contributed by atoms with Crippen LogP contribution in [0.3, 0.4) is 0 Å². The first-order valence-electron chi connectivity index (χ1n) is 11.0. The van der Waals surface area contributed by atoms with Crippen LogP contribution in [0.2, 0.25) is 0 Å². The Morgan fingerprint density at radius 3 is 2.50 bits per heavy atom. The van der Waals surface area contributed by atoms with E-state index in [0.717, 1.165) is 18.7 Å². The van der Waals surface area contributed by atoms with Gasteiger partial charge in [0.05, 0.1) is 28.2 Å². The lowest BCUT2D eigenvalue weighted by molar-refractivity contribution is 0.353. The van der Waals surface area contributed by atoms with Crippen LogP contribution in [0.25, 0.3) is 22.2 Å². The molecule has 0 amide bonds. The molecule has 1 fully saturated rings. The van der Waals surface area contributed by atoms with Gasteiger partial charge in [0.15, 0.2) is 0 Å². The fourth-order valence-corrected chi connectivity index (χ4v) is 5.29. The van der Waals surface area contributed by atoms with E-state index in [0.29, 0.717) is 39.6 Å². The Morgan fingerprint density at radius 1 is 1.16 bits per heavy atom. The van der Waals surface area contributed by atoms with Crippen molar-refractivity contribution < 1.29 is 9.11 Å². The number of aromatic nitrogens is 3. The van der Waals surface area contributed by atoms with E-state index in [1.807, 2.05) is 26.0 Å². The van der Waals surface area contributed by atoms with E-state index in [9.17, 15) is 13.9 Å². The van der Waals surface area contributed by atoms with Crippen LogP contribution < -0.4 is 10.9 Å². The van der Waals surface area contributed by atoms with Gasteiger partial charge in [0.1, 0.15) is 11.2 Å². The number of anilines is 1. The van der Waals surface area contributed by atoms with Crippen molar-refractivity contribution >= 4 is 27.3 Å². The molecule has 3 N–H and O–H groups in total. The zero-order chi connectivity index (χ0) is 22.9. The minimum absolute atomic E-state index is 0.0943. The van der Waals surface area contributed by atoms with E-state index < -0.39 is 10.6 Å². The maximum Gasteiger partial charge on any atom is 0.264 e. The molecule has 0 bridgehead atoms. The molecule has 1 aromatic carbocycles. The zero-order valence-electron chi connectivity index (χ0n) is 18.8. The smallest absolute Gasteiger partial charge is 0.264 e. The van der Waals surface area contributed by atoms with Gasteiger partial charge >= 0.3 is 0 Å². The summed E-state index contributed by atoms with van der Waals surface area (Å²) in [6.45, 7) is 6.74. The van der Waals surface area contributed by atoms with Crippen LogP contribution in [0.5, 0.6) is 0 Å². The van der Waals surface area contributed by atoms with Crippen molar-refractivity contribution in [1.82, 2.24) is 19.4 Å². The molecule has 0 saturated carbocycles. The second-order valence-electron chi connectivity index (χ2n) is 8.65. The number of rotatable bonds is 7. The Kier molecular flexibility index (Phi) is 6.52. The Hall–Kier alpha value is -2.46. The lowest BCUT2D eigenvalue weighted by atomic mass is 10.1. The van der Waals surface area contributed by atoms with E-state index in [-0.39, 0.29) is 11.6 Å². The third-order valence-electron chi connectivity index (χ3n) is 5.75. The van der Waals surface area contributed by atoms with Crippen LogP contribution in [0, 0.1) is 0 Å². The minimum Gasteiger partial charge on any atom is -0.367 e. The first kappa shape index (κ1) is 22.7. The minimum atomic E-state index is -2.85. The monoisotopic (exact) mass is 457 g/mol. The zero-order valence-corrected chi connectivity index (χ0v) is 19.6. The van der Waals surface area contributed by atoms with Gasteiger partial charge < -0.3 is 14.8 Å². The summed E-state index contributed by atoms with van der Waals surface area (Å²) in [5.74, 6) is 0.844. The Labute approximate surface area is 189 Å². The summed E-state index contributed by atoms with van der Waals surface area (Å²) in [6.07, 6.45) is 3.87.